The van der Waals surface area contributed by atoms with E-state index < -0.39 is 0 Å². The second kappa shape index (κ2) is 6.13. The standard InChI is InChI=1S/C15H15BrFNO2/c1-9-6-12(17)11(16)7-13(9)18-8-10-4-3-5-14(20-2)15(10)19/h3-7,18-19H,8H2,1-2H3. The first-order valence-corrected chi connectivity index (χ1v) is 6.86. The summed E-state index contributed by atoms with van der Waals surface area (Å²) in [6.07, 6.45) is 0. The Kier molecular flexibility index (Phi) is 4.49. The number of rotatable bonds is 4. The minimum Gasteiger partial charge on any atom is -0.504 e. The molecule has 0 aliphatic heterocycles. The van der Waals surface area contributed by atoms with Crippen molar-refractivity contribution in [3.8, 4) is 11.5 Å². The zero-order valence-electron chi connectivity index (χ0n) is 11.2. The van der Waals surface area contributed by atoms with Crippen LogP contribution in [0.15, 0.2) is 34.8 Å². The van der Waals surface area contributed by atoms with Crippen molar-refractivity contribution < 1.29 is 14.2 Å². The van der Waals surface area contributed by atoms with Crippen molar-refractivity contribution in [2.75, 3.05) is 12.4 Å². The maximum absolute atomic E-state index is 13.4. The fourth-order valence-electron chi connectivity index (χ4n) is 1.90. The predicted molar refractivity (Wildman–Crippen MR) is 80.8 cm³/mol. The molecule has 106 valence electrons. The third kappa shape index (κ3) is 3.04. The molecule has 0 saturated carbocycles. The second-order valence-electron chi connectivity index (χ2n) is 4.40. The molecule has 2 N–H and O–H groups in total. The average molecular weight is 340 g/mol. The third-order valence-corrected chi connectivity index (χ3v) is 3.65. The summed E-state index contributed by atoms with van der Waals surface area (Å²) in [6.45, 7) is 2.24. The van der Waals surface area contributed by atoms with Crippen LogP contribution in [-0.4, -0.2) is 12.2 Å². The highest BCUT2D eigenvalue weighted by atomic mass is 79.9. The van der Waals surface area contributed by atoms with Crippen LogP contribution in [0.25, 0.3) is 0 Å². The molecule has 0 heterocycles. The summed E-state index contributed by atoms with van der Waals surface area (Å²) in [4.78, 5) is 0. The molecule has 0 spiro atoms. The minimum absolute atomic E-state index is 0.112. The summed E-state index contributed by atoms with van der Waals surface area (Å²) in [5, 5.41) is 13.2. The summed E-state index contributed by atoms with van der Waals surface area (Å²) < 4.78 is 18.8. The number of phenolic OH excluding ortho intramolecular Hbond substituents is 1. The van der Waals surface area contributed by atoms with E-state index in [4.69, 9.17) is 4.74 Å². The Balaban J connectivity index is 2.19. The number of hydrogen-bond acceptors (Lipinski definition) is 3. The van der Waals surface area contributed by atoms with Crippen LogP contribution < -0.4 is 10.1 Å². The number of para-hydroxylation sites is 1. The fraction of sp³-hybridized carbons (Fsp3) is 0.200. The van der Waals surface area contributed by atoms with Crippen LogP contribution in [0.4, 0.5) is 10.1 Å². The first kappa shape index (κ1) is 14.7. The molecular weight excluding hydrogens is 325 g/mol. The average Bonchev–Trinajstić information content (AvgIpc) is 2.43. The van der Waals surface area contributed by atoms with E-state index in [9.17, 15) is 9.50 Å². The van der Waals surface area contributed by atoms with Gasteiger partial charge in [-0.2, -0.15) is 0 Å². The van der Waals surface area contributed by atoms with Gasteiger partial charge in [-0.25, -0.2) is 4.39 Å². The number of methoxy groups -OCH3 is 1. The lowest BCUT2D eigenvalue weighted by Gasteiger charge is -2.13. The van der Waals surface area contributed by atoms with Gasteiger partial charge in [0.2, 0.25) is 0 Å². The van der Waals surface area contributed by atoms with Gasteiger partial charge in [-0.3, -0.25) is 0 Å². The number of hydrogen-bond donors (Lipinski definition) is 2. The van der Waals surface area contributed by atoms with Crippen LogP contribution in [0.3, 0.4) is 0 Å². The molecule has 3 nitrogen and oxygen atoms in total. The number of anilines is 1. The van der Waals surface area contributed by atoms with Crippen molar-refractivity contribution in [3.05, 3.63) is 51.7 Å². The van der Waals surface area contributed by atoms with Crippen LogP contribution in [0, 0.1) is 12.7 Å². The third-order valence-electron chi connectivity index (χ3n) is 3.04. The smallest absolute Gasteiger partial charge is 0.162 e. The molecule has 0 unspecified atom stereocenters. The first-order valence-electron chi connectivity index (χ1n) is 6.07. The summed E-state index contributed by atoms with van der Waals surface area (Å²) in [7, 11) is 1.51. The van der Waals surface area contributed by atoms with Gasteiger partial charge >= 0.3 is 0 Å². The number of halogens is 2. The summed E-state index contributed by atoms with van der Waals surface area (Å²) >= 11 is 3.16. The van der Waals surface area contributed by atoms with Crippen molar-refractivity contribution in [2.45, 2.75) is 13.5 Å². The molecule has 0 fully saturated rings. The van der Waals surface area contributed by atoms with Crippen molar-refractivity contribution >= 4 is 21.6 Å². The summed E-state index contributed by atoms with van der Waals surface area (Å²) in [5.41, 5.74) is 2.32. The minimum atomic E-state index is -0.294. The van der Waals surface area contributed by atoms with E-state index in [2.05, 4.69) is 21.2 Å². The number of nitrogens with one attached hydrogen (secondary N) is 1. The highest BCUT2D eigenvalue weighted by molar-refractivity contribution is 9.10. The Morgan fingerprint density at radius 2 is 2.10 bits per heavy atom. The SMILES string of the molecule is COc1cccc(CNc2cc(Br)c(F)cc2C)c1O. The van der Waals surface area contributed by atoms with E-state index in [1.165, 1.54) is 13.2 Å². The highest BCUT2D eigenvalue weighted by Crippen LogP contribution is 2.30. The zero-order valence-corrected chi connectivity index (χ0v) is 12.8. The van der Waals surface area contributed by atoms with Crippen LogP contribution in [-0.2, 0) is 6.54 Å². The number of ether oxygens (including phenoxy) is 1. The Morgan fingerprint density at radius 1 is 1.35 bits per heavy atom. The molecular formula is C15H15BrFNO2. The van der Waals surface area contributed by atoms with E-state index in [0.717, 1.165) is 11.3 Å². The number of aromatic hydroxyl groups is 1. The maximum atomic E-state index is 13.4. The van der Waals surface area contributed by atoms with Crippen molar-refractivity contribution in [1.82, 2.24) is 0 Å². The van der Waals surface area contributed by atoms with Gasteiger partial charge in [-0.15, -0.1) is 0 Å². The van der Waals surface area contributed by atoms with Gasteiger partial charge in [0.1, 0.15) is 5.82 Å². The number of phenols is 1. The van der Waals surface area contributed by atoms with Gasteiger partial charge in [0.15, 0.2) is 11.5 Å². The molecule has 0 aliphatic rings. The molecule has 2 aromatic rings. The Labute approximate surface area is 125 Å². The van der Waals surface area contributed by atoms with E-state index in [1.807, 2.05) is 13.0 Å². The van der Waals surface area contributed by atoms with Crippen LogP contribution in [0.5, 0.6) is 11.5 Å². The lowest BCUT2D eigenvalue weighted by Crippen LogP contribution is -2.02. The quantitative estimate of drug-likeness (QED) is 0.876. The molecule has 0 aliphatic carbocycles. The molecule has 0 radical (unpaired) electrons. The lowest BCUT2D eigenvalue weighted by molar-refractivity contribution is 0.371. The maximum Gasteiger partial charge on any atom is 0.162 e. The van der Waals surface area contributed by atoms with Gasteiger partial charge in [0, 0.05) is 17.8 Å². The molecule has 0 bridgehead atoms. The lowest BCUT2D eigenvalue weighted by atomic mass is 10.1. The normalized spacial score (nSPS) is 10.4. The Bertz CT molecular complexity index is 632. The number of benzene rings is 2. The molecule has 0 aromatic heterocycles. The molecule has 5 heteroatoms. The molecule has 0 atom stereocenters. The van der Waals surface area contributed by atoms with Gasteiger partial charge in [-0.05, 0) is 46.6 Å². The van der Waals surface area contributed by atoms with Crippen LogP contribution >= 0.6 is 15.9 Å². The van der Waals surface area contributed by atoms with Crippen molar-refractivity contribution in [2.24, 2.45) is 0 Å². The second-order valence-corrected chi connectivity index (χ2v) is 5.26. The summed E-state index contributed by atoms with van der Waals surface area (Å²) in [6, 6.07) is 8.44. The van der Waals surface area contributed by atoms with Gasteiger partial charge in [-0.1, -0.05) is 12.1 Å². The molecule has 2 rings (SSSR count). The van der Waals surface area contributed by atoms with Crippen LogP contribution in [0.2, 0.25) is 0 Å². The topological polar surface area (TPSA) is 41.5 Å². The zero-order chi connectivity index (χ0) is 14.7. The van der Waals surface area contributed by atoms with Gasteiger partial charge < -0.3 is 15.2 Å². The molecule has 0 amide bonds. The van der Waals surface area contributed by atoms with E-state index in [1.54, 1.807) is 18.2 Å². The Hall–Kier alpha value is -1.75. The van der Waals surface area contributed by atoms with Crippen LogP contribution in [0.1, 0.15) is 11.1 Å². The van der Waals surface area contributed by atoms with Crippen molar-refractivity contribution in [1.29, 1.82) is 0 Å². The largest absolute Gasteiger partial charge is 0.504 e. The fourth-order valence-corrected chi connectivity index (χ4v) is 2.25. The monoisotopic (exact) mass is 339 g/mol. The Morgan fingerprint density at radius 3 is 2.80 bits per heavy atom. The van der Waals surface area contributed by atoms with E-state index in [0.29, 0.717) is 22.3 Å². The van der Waals surface area contributed by atoms with Gasteiger partial charge in [0.25, 0.3) is 0 Å². The van der Waals surface area contributed by atoms with E-state index >= 15 is 0 Å². The van der Waals surface area contributed by atoms with E-state index in [-0.39, 0.29) is 11.6 Å². The predicted octanol–water partition coefficient (Wildman–Crippen LogP) is 4.22. The first-order chi connectivity index (χ1) is 9.52. The summed E-state index contributed by atoms with van der Waals surface area (Å²) in [5.74, 6) is 0.250. The number of aryl methyl sites for hydroxylation is 1. The molecule has 0 saturated heterocycles. The molecule has 20 heavy (non-hydrogen) atoms. The van der Waals surface area contributed by atoms with Gasteiger partial charge in [0.05, 0.1) is 11.6 Å². The highest BCUT2D eigenvalue weighted by Gasteiger charge is 2.09. The molecule has 2 aromatic carbocycles. The van der Waals surface area contributed by atoms with Crippen molar-refractivity contribution in [3.63, 3.8) is 0 Å².